The van der Waals surface area contributed by atoms with Crippen molar-refractivity contribution < 1.29 is 13.9 Å². The van der Waals surface area contributed by atoms with Crippen molar-refractivity contribution in [2.24, 2.45) is 11.8 Å². The number of benzene rings is 1. The number of aryl methyl sites for hydroxylation is 1. The average molecular weight is 290 g/mol. The molecule has 0 saturated carbocycles. The molecule has 0 radical (unpaired) electrons. The Morgan fingerprint density at radius 2 is 1.95 bits per heavy atom. The zero-order chi connectivity index (χ0) is 14.8. The van der Waals surface area contributed by atoms with Crippen LogP contribution < -0.4 is 0 Å². The van der Waals surface area contributed by atoms with Gasteiger partial charge in [-0.3, -0.25) is 0 Å². The van der Waals surface area contributed by atoms with Crippen molar-refractivity contribution >= 4 is 0 Å². The van der Waals surface area contributed by atoms with E-state index in [4.69, 9.17) is 9.47 Å². The molecule has 2 aliphatic rings. The summed E-state index contributed by atoms with van der Waals surface area (Å²) >= 11 is 0. The molecule has 21 heavy (non-hydrogen) atoms. The Morgan fingerprint density at radius 3 is 2.57 bits per heavy atom. The van der Waals surface area contributed by atoms with E-state index in [1.807, 2.05) is 6.07 Å². The summed E-state index contributed by atoms with van der Waals surface area (Å²) in [4.78, 5) is 0. The van der Waals surface area contributed by atoms with Crippen LogP contribution in [0.5, 0.6) is 0 Å². The van der Waals surface area contributed by atoms with E-state index < -0.39 is 6.29 Å². The molecular formula is C18H23FO2. The van der Waals surface area contributed by atoms with Crippen molar-refractivity contribution in [1.29, 1.82) is 0 Å². The molecule has 1 aromatic carbocycles. The number of ether oxygens (including phenoxy) is 2. The minimum absolute atomic E-state index is 0.203. The third-order valence-electron chi connectivity index (χ3n) is 4.60. The zero-order valence-electron chi connectivity index (χ0n) is 12.8. The van der Waals surface area contributed by atoms with Crippen LogP contribution in [-0.4, -0.2) is 13.2 Å². The molecule has 1 heterocycles. The fourth-order valence-electron chi connectivity index (χ4n) is 3.02. The minimum atomic E-state index is -0.431. The van der Waals surface area contributed by atoms with Gasteiger partial charge < -0.3 is 9.47 Å². The van der Waals surface area contributed by atoms with Crippen LogP contribution in [0.2, 0.25) is 0 Å². The first-order chi connectivity index (χ1) is 10.1. The lowest BCUT2D eigenvalue weighted by molar-refractivity contribution is -0.199. The monoisotopic (exact) mass is 290 g/mol. The summed E-state index contributed by atoms with van der Waals surface area (Å²) in [6, 6.07) is 5.17. The van der Waals surface area contributed by atoms with E-state index in [1.165, 1.54) is 24.5 Å². The second-order valence-electron chi connectivity index (χ2n) is 6.36. The van der Waals surface area contributed by atoms with Gasteiger partial charge in [0.25, 0.3) is 0 Å². The number of halogens is 1. The van der Waals surface area contributed by atoms with Gasteiger partial charge in [-0.2, -0.15) is 0 Å². The first-order valence-corrected chi connectivity index (χ1v) is 7.81. The normalized spacial score (nSPS) is 30.0. The highest BCUT2D eigenvalue weighted by atomic mass is 19.1. The Labute approximate surface area is 126 Å². The maximum atomic E-state index is 13.6. The molecule has 3 heteroatoms. The lowest BCUT2D eigenvalue weighted by Gasteiger charge is -2.33. The molecule has 1 saturated heterocycles. The lowest BCUT2D eigenvalue weighted by Crippen LogP contribution is -2.29. The van der Waals surface area contributed by atoms with E-state index >= 15 is 0 Å². The molecule has 114 valence electrons. The molecule has 1 aliphatic carbocycles. The number of rotatable bonds is 2. The van der Waals surface area contributed by atoms with Crippen molar-refractivity contribution in [2.75, 3.05) is 13.2 Å². The summed E-state index contributed by atoms with van der Waals surface area (Å²) in [6.07, 6.45) is 5.51. The summed E-state index contributed by atoms with van der Waals surface area (Å²) in [6.45, 7) is 5.39. The van der Waals surface area contributed by atoms with Crippen LogP contribution in [0.3, 0.4) is 0 Å². The van der Waals surface area contributed by atoms with Gasteiger partial charge in [0, 0.05) is 11.5 Å². The van der Waals surface area contributed by atoms with Crippen LogP contribution in [0.1, 0.15) is 43.6 Å². The van der Waals surface area contributed by atoms with Crippen LogP contribution in [0.4, 0.5) is 4.39 Å². The van der Waals surface area contributed by atoms with Crippen molar-refractivity contribution in [1.82, 2.24) is 0 Å². The SMILES string of the molecule is Cc1ccc(C2OCC(C3=CCC(C)CC3)CO2)cc1F. The van der Waals surface area contributed by atoms with Gasteiger partial charge in [0.2, 0.25) is 0 Å². The van der Waals surface area contributed by atoms with Crippen LogP contribution in [-0.2, 0) is 9.47 Å². The van der Waals surface area contributed by atoms with Crippen molar-refractivity contribution in [2.45, 2.75) is 39.4 Å². The van der Waals surface area contributed by atoms with Crippen LogP contribution in [0.25, 0.3) is 0 Å². The fraction of sp³-hybridized carbons (Fsp3) is 0.556. The highest BCUT2D eigenvalue weighted by molar-refractivity contribution is 5.24. The molecule has 0 aromatic heterocycles. The van der Waals surface area contributed by atoms with E-state index in [2.05, 4.69) is 13.0 Å². The Kier molecular flexibility index (Phi) is 4.41. The maximum absolute atomic E-state index is 13.6. The van der Waals surface area contributed by atoms with E-state index in [0.717, 1.165) is 17.9 Å². The number of hydrogen-bond donors (Lipinski definition) is 0. The van der Waals surface area contributed by atoms with Crippen LogP contribution >= 0.6 is 0 Å². The van der Waals surface area contributed by atoms with Gasteiger partial charge in [-0.25, -0.2) is 4.39 Å². The summed E-state index contributed by atoms with van der Waals surface area (Å²) in [5.74, 6) is 0.956. The van der Waals surface area contributed by atoms with E-state index in [1.54, 1.807) is 13.0 Å². The number of allylic oxidation sites excluding steroid dienone is 1. The predicted octanol–water partition coefficient (Wildman–Crippen LogP) is 4.54. The van der Waals surface area contributed by atoms with Gasteiger partial charge in [0.05, 0.1) is 13.2 Å². The third-order valence-corrected chi connectivity index (χ3v) is 4.60. The average Bonchev–Trinajstić information content (AvgIpc) is 2.51. The topological polar surface area (TPSA) is 18.5 Å². The highest BCUT2D eigenvalue weighted by Gasteiger charge is 2.27. The molecule has 0 amide bonds. The quantitative estimate of drug-likeness (QED) is 0.744. The molecule has 3 rings (SSSR count). The molecule has 1 aromatic rings. The van der Waals surface area contributed by atoms with Crippen molar-refractivity contribution in [3.05, 3.63) is 46.8 Å². The number of hydrogen-bond acceptors (Lipinski definition) is 2. The second kappa shape index (κ2) is 6.29. The van der Waals surface area contributed by atoms with Crippen LogP contribution in [0.15, 0.2) is 29.8 Å². The fourth-order valence-corrected chi connectivity index (χ4v) is 3.02. The molecule has 0 spiro atoms. The van der Waals surface area contributed by atoms with Gasteiger partial charge in [-0.05, 0) is 43.7 Å². The minimum Gasteiger partial charge on any atom is -0.348 e. The van der Waals surface area contributed by atoms with Gasteiger partial charge in [0.15, 0.2) is 6.29 Å². The van der Waals surface area contributed by atoms with Gasteiger partial charge in [0.1, 0.15) is 5.82 Å². The Balaban J connectivity index is 1.61. The Morgan fingerprint density at radius 1 is 1.19 bits per heavy atom. The molecule has 0 N–H and O–H groups in total. The largest absolute Gasteiger partial charge is 0.348 e. The van der Waals surface area contributed by atoms with E-state index in [9.17, 15) is 4.39 Å². The molecule has 1 fully saturated rings. The summed E-state index contributed by atoms with van der Waals surface area (Å²) in [5, 5.41) is 0. The summed E-state index contributed by atoms with van der Waals surface area (Å²) < 4.78 is 25.3. The molecule has 1 aliphatic heterocycles. The maximum Gasteiger partial charge on any atom is 0.183 e. The van der Waals surface area contributed by atoms with Crippen molar-refractivity contribution in [3.8, 4) is 0 Å². The summed E-state index contributed by atoms with van der Waals surface area (Å²) in [5.41, 5.74) is 2.89. The first kappa shape index (κ1) is 14.7. The molecular weight excluding hydrogens is 267 g/mol. The smallest absolute Gasteiger partial charge is 0.183 e. The molecule has 1 atom stereocenters. The van der Waals surface area contributed by atoms with Crippen molar-refractivity contribution in [3.63, 3.8) is 0 Å². The van der Waals surface area contributed by atoms with Gasteiger partial charge in [-0.15, -0.1) is 0 Å². The predicted molar refractivity (Wildman–Crippen MR) is 80.4 cm³/mol. The second-order valence-corrected chi connectivity index (χ2v) is 6.36. The van der Waals surface area contributed by atoms with Crippen LogP contribution in [0, 0.1) is 24.6 Å². The zero-order valence-corrected chi connectivity index (χ0v) is 12.8. The standard InChI is InChI=1S/C18H23FO2/c1-12-3-6-14(7-4-12)16-10-20-18(21-11-16)15-8-5-13(2)17(19)9-15/h5-6,8-9,12,16,18H,3-4,7,10-11H2,1-2H3. The van der Waals surface area contributed by atoms with Gasteiger partial charge in [-0.1, -0.05) is 30.7 Å². The molecule has 2 nitrogen and oxygen atoms in total. The summed E-state index contributed by atoms with van der Waals surface area (Å²) in [7, 11) is 0. The van der Waals surface area contributed by atoms with Gasteiger partial charge >= 0.3 is 0 Å². The lowest BCUT2D eigenvalue weighted by atomic mass is 9.85. The highest BCUT2D eigenvalue weighted by Crippen LogP contribution is 2.33. The first-order valence-electron chi connectivity index (χ1n) is 7.81. The Hall–Kier alpha value is -1.19. The molecule has 0 bridgehead atoms. The van der Waals surface area contributed by atoms with E-state index in [-0.39, 0.29) is 5.82 Å². The Bertz CT molecular complexity index is 530. The molecule has 1 unspecified atom stereocenters. The van der Waals surface area contributed by atoms with E-state index in [0.29, 0.717) is 24.7 Å². The third kappa shape index (κ3) is 3.35.